The van der Waals surface area contributed by atoms with Crippen LogP contribution in [-0.2, 0) is 0 Å². The van der Waals surface area contributed by atoms with Crippen LogP contribution in [0.2, 0.25) is 0 Å². The minimum atomic E-state index is -0.130. The first-order valence-electron chi connectivity index (χ1n) is 5.96. The van der Waals surface area contributed by atoms with Gasteiger partial charge in [-0.2, -0.15) is 0 Å². The lowest BCUT2D eigenvalue weighted by Crippen LogP contribution is -2.23. The van der Waals surface area contributed by atoms with Gasteiger partial charge in [0.15, 0.2) is 0 Å². The molecule has 0 aliphatic heterocycles. The molecule has 1 amide bonds. The van der Waals surface area contributed by atoms with E-state index in [1.165, 1.54) is 0 Å². The summed E-state index contributed by atoms with van der Waals surface area (Å²) in [6.07, 6.45) is 3.58. The quantitative estimate of drug-likeness (QED) is 0.867. The molecule has 1 aromatic heterocycles. The zero-order valence-electron chi connectivity index (χ0n) is 10.6. The predicted molar refractivity (Wildman–Crippen MR) is 73.3 cm³/mol. The number of para-hydroxylation sites is 1. The van der Waals surface area contributed by atoms with Crippen LogP contribution in [0.25, 0.3) is 0 Å². The molecular formula is C14H17N3O. The molecule has 4 heteroatoms. The summed E-state index contributed by atoms with van der Waals surface area (Å²) in [4.78, 5) is 12.1. The van der Waals surface area contributed by atoms with Crippen molar-refractivity contribution in [3.05, 3.63) is 54.4 Å². The average Bonchev–Trinajstić information content (AvgIpc) is 2.81. The number of amides is 1. The number of carbonyl (C=O) groups excluding carboxylic acids is 1. The van der Waals surface area contributed by atoms with Crippen molar-refractivity contribution >= 4 is 11.6 Å². The molecule has 0 saturated carbocycles. The van der Waals surface area contributed by atoms with E-state index < -0.39 is 0 Å². The van der Waals surface area contributed by atoms with Gasteiger partial charge >= 0.3 is 0 Å². The van der Waals surface area contributed by atoms with Crippen LogP contribution in [0.3, 0.4) is 0 Å². The van der Waals surface area contributed by atoms with Gasteiger partial charge in [-0.25, -0.2) is 0 Å². The fourth-order valence-corrected chi connectivity index (χ4v) is 1.70. The second-order valence-corrected chi connectivity index (χ2v) is 4.38. The van der Waals surface area contributed by atoms with E-state index in [0.29, 0.717) is 5.56 Å². The van der Waals surface area contributed by atoms with Crippen molar-refractivity contribution in [3.8, 4) is 0 Å². The normalized spacial score (nSPS) is 10.4. The summed E-state index contributed by atoms with van der Waals surface area (Å²) in [5.74, 6) is -0.130. The number of rotatable bonds is 4. The standard InChI is InChI=1S/C14H17N3O/c1-11(2)15-13-8-4-3-7-12(13)14(18)16-17-9-5-6-10-17/h3-11,15H,1-2H3,(H,16,18). The number of aromatic nitrogens is 1. The van der Waals surface area contributed by atoms with Gasteiger partial charge in [-0.05, 0) is 38.1 Å². The van der Waals surface area contributed by atoms with E-state index >= 15 is 0 Å². The van der Waals surface area contributed by atoms with Crippen molar-refractivity contribution < 1.29 is 4.79 Å². The van der Waals surface area contributed by atoms with Crippen molar-refractivity contribution in [2.75, 3.05) is 10.7 Å². The van der Waals surface area contributed by atoms with E-state index in [4.69, 9.17) is 0 Å². The van der Waals surface area contributed by atoms with E-state index in [0.717, 1.165) is 5.69 Å². The molecule has 0 radical (unpaired) electrons. The summed E-state index contributed by atoms with van der Waals surface area (Å²) >= 11 is 0. The molecule has 0 saturated heterocycles. The molecule has 0 bridgehead atoms. The molecular weight excluding hydrogens is 226 g/mol. The zero-order valence-corrected chi connectivity index (χ0v) is 10.6. The van der Waals surface area contributed by atoms with Gasteiger partial charge in [0, 0.05) is 24.1 Å². The molecule has 0 fully saturated rings. The predicted octanol–water partition coefficient (Wildman–Crippen LogP) is 2.69. The van der Waals surface area contributed by atoms with E-state index in [2.05, 4.69) is 10.7 Å². The number of hydrogen-bond donors (Lipinski definition) is 2. The number of nitrogens with one attached hydrogen (secondary N) is 2. The minimum Gasteiger partial charge on any atom is -0.382 e. The second kappa shape index (κ2) is 5.40. The summed E-state index contributed by atoms with van der Waals surface area (Å²) < 4.78 is 1.63. The number of nitrogens with zero attached hydrogens (tertiary/aromatic N) is 1. The fraction of sp³-hybridized carbons (Fsp3) is 0.214. The number of anilines is 1. The molecule has 0 unspecified atom stereocenters. The summed E-state index contributed by atoms with van der Waals surface area (Å²) in [6, 6.07) is 11.5. The molecule has 0 atom stereocenters. The highest BCUT2D eigenvalue weighted by Gasteiger charge is 2.11. The Morgan fingerprint density at radius 1 is 1.11 bits per heavy atom. The van der Waals surface area contributed by atoms with Gasteiger partial charge in [0.05, 0.1) is 5.56 Å². The highest BCUT2D eigenvalue weighted by Crippen LogP contribution is 2.16. The van der Waals surface area contributed by atoms with Gasteiger partial charge in [-0.15, -0.1) is 0 Å². The molecule has 0 spiro atoms. The summed E-state index contributed by atoms with van der Waals surface area (Å²) in [6.45, 7) is 4.08. The Morgan fingerprint density at radius 2 is 1.78 bits per heavy atom. The first-order valence-corrected chi connectivity index (χ1v) is 5.96. The van der Waals surface area contributed by atoms with Crippen LogP contribution in [0.4, 0.5) is 5.69 Å². The fourth-order valence-electron chi connectivity index (χ4n) is 1.70. The van der Waals surface area contributed by atoms with Crippen LogP contribution in [0.15, 0.2) is 48.8 Å². The van der Waals surface area contributed by atoms with Crippen molar-refractivity contribution in [2.45, 2.75) is 19.9 Å². The monoisotopic (exact) mass is 243 g/mol. The Hall–Kier alpha value is -2.23. The van der Waals surface area contributed by atoms with Gasteiger partial charge in [-0.3, -0.25) is 14.9 Å². The Kier molecular flexibility index (Phi) is 3.67. The van der Waals surface area contributed by atoms with E-state index in [1.807, 2.05) is 50.2 Å². The molecule has 1 heterocycles. The first kappa shape index (κ1) is 12.2. The third-order valence-corrected chi connectivity index (χ3v) is 2.45. The molecule has 1 aromatic carbocycles. The largest absolute Gasteiger partial charge is 0.382 e. The maximum Gasteiger partial charge on any atom is 0.272 e. The Balaban J connectivity index is 2.19. The van der Waals surface area contributed by atoms with Crippen LogP contribution in [0.5, 0.6) is 0 Å². The topological polar surface area (TPSA) is 46.1 Å². The lowest BCUT2D eigenvalue weighted by Gasteiger charge is -2.14. The number of hydrogen-bond acceptors (Lipinski definition) is 2. The Morgan fingerprint density at radius 3 is 2.44 bits per heavy atom. The van der Waals surface area contributed by atoms with Gasteiger partial charge in [0.25, 0.3) is 5.91 Å². The van der Waals surface area contributed by atoms with Crippen LogP contribution in [0, 0.1) is 0 Å². The molecule has 0 aliphatic rings. The average molecular weight is 243 g/mol. The molecule has 4 nitrogen and oxygen atoms in total. The van der Waals surface area contributed by atoms with Gasteiger partial charge in [0.1, 0.15) is 0 Å². The van der Waals surface area contributed by atoms with Gasteiger partial charge < -0.3 is 5.32 Å². The van der Waals surface area contributed by atoms with Crippen LogP contribution in [0.1, 0.15) is 24.2 Å². The SMILES string of the molecule is CC(C)Nc1ccccc1C(=O)Nn1cccc1. The van der Waals surface area contributed by atoms with Crippen molar-refractivity contribution in [1.82, 2.24) is 4.68 Å². The molecule has 0 aliphatic carbocycles. The van der Waals surface area contributed by atoms with Gasteiger partial charge in [-0.1, -0.05) is 12.1 Å². The second-order valence-electron chi connectivity index (χ2n) is 4.38. The van der Waals surface area contributed by atoms with E-state index in [9.17, 15) is 4.79 Å². The Bertz CT molecular complexity index is 518. The van der Waals surface area contributed by atoms with E-state index in [-0.39, 0.29) is 11.9 Å². The van der Waals surface area contributed by atoms with Crippen LogP contribution >= 0.6 is 0 Å². The molecule has 2 aromatic rings. The molecule has 2 rings (SSSR count). The first-order chi connectivity index (χ1) is 8.66. The maximum atomic E-state index is 12.1. The number of carbonyl (C=O) groups is 1. The third kappa shape index (κ3) is 2.91. The highest BCUT2D eigenvalue weighted by molar-refractivity contribution is 6.04. The number of benzene rings is 1. The maximum absolute atomic E-state index is 12.1. The van der Waals surface area contributed by atoms with Crippen LogP contribution < -0.4 is 10.7 Å². The highest BCUT2D eigenvalue weighted by atomic mass is 16.2. The zero-order chi connectivity index (χ0) is 13.0. The minimum absolute atomic E-state index is 0.130. The third-order valence-electron chi connectivity index (χ3n) is 2.45. The lowest BCUT2D eigenvalue weighted by molar-refractivity contribution is 0.101. The van der Waals surface area contributed by atoms with Crippen molar-refractivity contribution in [1.29, 1.82) is 0 Å². The summed E-state index contributed by atoms with van der Waals surface area (Å²) in [7, 11) is 0. The van der Waals surface area contributed by atoms with Crippen molar-refractivity contribution in [3.63, 3.8) is 0 Å². The lowest BCUT2D eigenvalue weighted by atomic mass is 10.1. The van der Waals surface area contributed by atoms with E-state index in [1.54, 1.807) is 17.1 Å². The summed E-state index contributed by atoms with van der Waals surface area (Å²) in [5, 5.41) is 3.26. The van der Waals surface area contributed by atoms with Crippen LogP contribution in [-0.4, -0.2) is 16.6 Å². The smallest absolute Gasteiger partial charge is 0.272 e. The molecule has 2 N–H and O–H groups in total. The van der Waals surface area contributed by atoms with Crippen molar-refractivity contribution in [2.24, 2.45) is 0 Å². The Labute approximate surface area is 107 Å². The van der Waals surface area contributed by atoms with Gasteiger partial charge in [0.2, 0.25) is 0 Å². The summed E-state index contributed by atoms with van der Waals surface area (Å²) in [5.41, 5.74) is 4.27. The molecule has 94 valence electrons. The molecule has 18 heavy (non-hydrogen) atoms.